The Labute approximate surface area is 107 Å². The van der Waals surface area contributed by atoms with Gasteiger partial charge >= 0.3 is 6.18 Å². The van der Waals surface area contributed by atoms with Crippen molar-refractivity contribution in [1.29, 1.82) is 0 Å². The summed E-state index contributed by atoms with van der Waals surface area (Å²) in [4.78, 5) is 11.6. The number of hydrogen-bond acceptors (Lipinski definition) is 2. The summed E-state index contributed by atoms with van der Waals surface area (Å²) < 4.78 is 38.2. The maximum atomic E-state index is 12.7. The van der Waals surface area contributed by atoms with Crippen LogP contribution < -0.4 is 11.1 Å². The van der Waals surface area contributed by atoms with Gasteiger partial charge in [0.25, 0.3) is 0 Å². The van der Waals surface area contributed by atoms with E-state index < -0.39 is 29.3 Å². The first-order chi connectivity index (χ1) is 8.27. The van der Waals surface area contributed by atoms with E-state index in [0.29, 0.717) is 0 Å². The highest BCUT2D eigenvalue weighted by atomic mass is 35.5. The van der Waals surface area contributed by atoms with E-state index in [1.54, 1.807) is 0 Å². The normalized spacial score (nSPS) is 13.2. The molecule has 1 amide bonds. The van der Waals surface area contributed by atoms with E-state index in [1.165, 1.54) is 19.1 Å². The summed E-state index contributed by atoms with van der Waals surface area (Å²) in [6.45, 7) is 1.55. The van der Waals surface area contributed by atoms with Gasteiger partial charge in [-0.25, -0.2) is 0 Å². The summed E-state index contributed by atoms with van der Waals surface area (Å²) in [7, 11) is 0. The van der Waals surface area contributed by atoms with Crippen molar-refractivity contribution in [3.63, 3.8) is 0 Å². The van der Waals surface area contributed by atoms with Crippen LogP contribution >= 0.6 is 11.6 Å². The molecular formula is C11H12ClF3N2O. The van der Waals surface area contributed by atoms with Crippen molar-refractivity contribution in [2.45, 2.75) is 13.1 Å². The summed E-state index contributed by atoms with van der Waals surface area (Å²) in [5.41, 5.74) is 3.86. The van der Waals surface area contributed by atoms with Crippen molar-refractivity contribution in [3.05, 3.63) is 28.8 Å². The highest BCUT2D eigenvalue weighted by molar-refractivity contribution is 6.34. The van der Waals surface area contributed by atoms with Gasteiger partial charge in [-0.3, -0.25) is 4.79 Å². The predicted octanol–water partition coefficient (Wildman–Crippen LogP) is 2.89. The molecule has 3 N–H and O–H groups in total. The fraction of sp³-hybridized carbons (Fsp3) is 0.364. The lowest BCUT2D eigenvalue weighted by atomic mass is 10.1. The average molecular weight is 281 g/mol. The van der Waals surface area contributed by atoms with Crippen molar-refractivity contribution in [1.82, 2.24) is 0 Å². The van der Waals surface area contributed by atoms with Crippen LogP contribution in [0.5, 0.6) is 0 Å². The standard InChI is InChI=1S/C11H12ClF3N2O/c1-6(5-16)10(18)17-9-7(11(13,14)15)3-2-4-8(9)12/h2-4,6H,5,16H2,1H3,(H,17,18). The first-order valence-corrected chi connectivity index (χ1v) is 5.51. The van der Waals surface area contributed by atoms with Crippen molar-refractivity contribution in [2.24, 2.45) is 11.7 Å². The number of anilines is 1. The third-order valence-electron chi connectivity index (χ3n) is 2.37. The molecule has 0 aliphatic heterocycles. The van der Waals surface area contributed by atoms with Crippen LogP contribution in [0.4, 0.5) is 18.9 Å². The number of carbonyl (C=O) groups excluding carboxylic acids is 1. The van der Waals surface area contributed by atoms with E-state index in [4.69, 9.17) is 17.3 Å². The number of para-hydroxylation sites is 1. The minimum Gasteiger partial charge on any atom is -0.330 e. The second-order valence-electron chi connectivity index (χ2n) is 3.79. The van der Waals surface area contributed by atoms with Crippen LogP contribution in [0.3, 0.4) is 0 Å². The minimum atomic E-state index is -4.58. The molecule has 1 aromatic carbocycles. The van der Waals surface area contributed by atoms with Crippen molar-refractivity contribution in [2.75, 3.05) is 11.9 Å². The van der Waals surface area contributed by atoms with Crippen LogP contribution in [0.25, 0.3) is 0 Å². The molecule has 0 aliphatic carbocycles. The van der Waals surface area contributed by atoms with Gasteiger partial charge < -0.3 is 11.1 Å². The van der Waals surface area contributed by atoms with Gasteiger partial charge in [-0.1, -0.05) is 24.6 Å². The molecule has 1 unspecified atom stereocenters. The van der Waals surface area contributed by atoms with Crippen LogP contribution in [0.15, 0.2) is 18.2 Å². The smallest absolute Gasteiger partial charge is 0.330 e. The fourth-order valence-electron chi connectivity index (χ4n) is 1.24. The number of halogens is 4. The van der Waals surface area contributed by atoms with E-state index in [9.17, 15) is 18.0 Å². The minimum absolute atomic E-state index is 0.0393. The first kappa shape index (κ1) is 14.8. The van der Waals surface area contributed by atoms with Crippen molar-refractivity contribution in [3.8, 4) is 0 Å². The van der Waals surface area contributed by atoms with Gasteiger partial charge in [0.2, 0.25) is 5.91 Å². The highest BCUT2D eigenvalue weighted by Gasteiger charge is 2.35. The number of hydrogen-bond donors (Lipinski definition) is 2. The topological polar surface area (TPSA) is 55.1 Å². The third-order valence-corrected chi connectivity index (χ3v) is 2.68. The Kier molecular flexibility index (Phi) is 4.59. The van der Waals surface area contributed by atoms with Gasteiger partial charge in [0.05, 0.1) is 16.3 Å². The van der Waals surface area contributed by atoms with Gasteiger partial charge in [-0.15, -0.1) is 0 Å². The first-order valence-electron chi connectivity index (χ1n) is 5.14. The molecule has 0 aromatic heterocycles. The summed E-state index contributed by atoms with van der Waals surface area (Å²) in [6, 6.07) is 3.31. The summed E-state index contributed by atoms with van der Waals surface area (Å²) >= 11 is 5.68. The van der Waals surface area contributed by atoms with Crippen molar-refractivity contribution >= 4 is 23.2 Å². The zero-order valence-electron chi connectivity index (χ0n) is 9.51. The molecule has 3 nitrogen and oxygen atoms in total. The van der Waals surface area contributed by atoms with Gasteiger partial charge in [0.1, 0.15) is 0 Å². The second-order valence-corrected chi connectivity index (χ2v) is 4.19. The van der Waals surface area contributed by atoms with E-state index in [1.807, 2.05) is 0 Å². The Morgan fingerprint density at radius 2 is 2.11 bits per heavy atom. The molecule has 1 aromatic rings. The molecule has 0 aliphatic rings. The summed E-state index contributed by atoms with van der Waals surface area (Å²) in [5.74, 6) is -1.20. The summed E-state index contributed by atoms with van der Waals surface area (Å²) in [6.07, 6.45) is -4.58. The zero-order valence-corrected chi connectivity index (χ0v) is 10.3. The predicted molar refractivity (Wildman–Crippen MR) is 63.3 cm³/mol. The van der Waals surface area contributed by atoms with E-state index in [0.717, 1.165) is 6.07 Å². The lowest BCUT2D eigenvalue weighted by molar-refractivity contribution is -0.137. The molecule has 0 spiro atoms. The Bertz CT molecular complexity index is 448. The van der Waals surface area contributed by atoms with Crippen LogP contribution in [0.1, 0.15) is 12.5 Å². The van der Waals surface area contributed by atoms with Gasteiger partial charge in [-0.05, 0) is 12.1 Å². The number of nitrogens with two attached hydrogens (primary N) is 1. The Balaban J connectivity index is 3.12. The monoisotopic (exact) mass is 280 g/mol. The van der Waals surface area contributed by atoms with Gasteiger partial charge in [0, 0.05) is 12.5 Å². The summed E-state index contributed by atoms with van der Waals surface area (Å²) in [5, 5.41) is 2.00. The zero-order chi connectivity index (χ0) is 13.9. The largest absolute Gasteiger partial charge is 0.418 e. The lowest BCUT2D eigenvalue weighted by Crippen LogP contribution is -2.27. The van der Waals surface area contributed by atoms with Crippen LogP contribution in [0, 0.1) is 5.92 Å². The highest BCUT2D eigenvalue weighted by Crippen LogP contribution is 2.38. The van der Waals surface area contributed by atoms with E-state index in [2.05, 4.69) is 5.32 Å². The maximum absolute atomic E-state index is 12.7. The van der Waals surface area contributed by atoms with Crippen LogP contribution in [0.2, 0.25) is 5.02 Å². The molecule has 0 saturated heterocycles. The number of carbonyl (C=O) groups is 1. The van der Waals surface area contributed by atoms with Crippen LogP contribution in [-0.4, -0.2) is 12.5 Å². The number of benzene rings is 1. The lowest BCUT2D eigenvalue weighted by Gasteiger charge is -2.16. The number of amides is 1. The molecule has 1 atom stereocenters. The average Bonchev–Trinajstić information content (AvgIpc) is 2.29. The molecular weight excluding hydrogens is 269 g/mol. The van der Waals surface area contributed by atoms with Gasteiger partial charge in [0.15, 0.2) is 0 Å². The molecule has 0 radical (unpaired) electrons. The number of nitrogens with one attached hydrogen (secondary N) is 1. The molecule has 1 rings (SSSR count). The van der Waals surface area contributed by atoms with E-state index >= 15 is 0 Å². The molecule has 0 bridgehead atoms. The van der Waals surface area contributed by atoms with E-state index in [-0.39, 0.29) is 11.6 Å². The van der Waals surface area contributed by atoms with Crippen molar-refractivity contribution < 1.29 is 18.0 Å². The fourth-order valence-corrected chi connectivity index (χ4v) is 1.46. The maximum Gasteiger partial charge on any atom is 0.418 e. The van der Waals surface area contributed by atoms with Gasteiger partial charge in [-0.2, -0.15) is 13.2 Å². The molecule has 0 heterocycles. The quantitative estimate of drug-likeness (QED) is 0.894. The Hall–Kier alpha value is -1.27. The SMILES string of the molecule is CC(CN)C(=O)Nc1c(Cl)cccc1C(F)(F)F. The molecule has 7 heteroatoms. The Morgan fingerprint density at radius 1 is 1.50 bits per heavy atom. The van der Waals surface area contributed by atoms with Crippen LogP contribution in [-0.2, 0) is 11.0 Å². The second kappa shape index (κ2) is 5.58. The molecule has 0 fully saturated rings. The molecule has 100 valence electrons. The number of alkyl halides is 3. The Morgan fingerprint density at radius 3 is 2.61 bits per heavy atom. The third kappa shape index (κ3) is 3.36. The molecule has 0 saturated carbocycles. The molecule has 18 heavy (non-hydrogen) atoms. The number of rotatable bonds is 3.